The van der Waals surface area contributed by atoms with Gasteiger partial charge in [-0.1, -0.05) is 6.08 Å². The summed E-state index contributed by atoms with van der Waals surface area (Å²) in [5.74, 6) is 0.410. The Labute approximate surface area is 64.9 Å². The normalized spacial score (nSPS) is 31.3. The van der Waals surface area contributed by atoms with E-state index in [2.05, 4.69) is 0 Å². The SMILES string of the molecule is CSC1=C[C@@H](CO)[C@@H]1CO. The molecule has 0 fully saturated rings. The Morgan fingerprint density at radius 1 is 1.50 bits per heavy atom. The zero-order valence-corrected chi connectivity index (χ0v) is 6.77. The minimum absolute atomic E-state index is 0.162. The molecule has 0 spiro atoms. The fourth-order valence-electron chi connectivity index (χ4n) is 1.17. The Bertz CT molecular complexity index is 145. The molecule has 0 aliphatic heterocycles. The van der Waals surface area contributed by atoms with E-state index in [1.54, 1.807) is 11.8 Å². The van der Waals surface area contributed by atoms with Crippen molar-refractivity contribution >= 4 is 11.8 Å². The highest BCUT2D eigenvalue weighted by Crippen LogP contribution is 2.38. The van der Waals surface area contributed by atoms with Gasteiger partial charge in [-0.05, 0) is 11.2 Å². The van der Waals surface area contributed by atoms with Gasteiger partial charge >= 0.3 is 0 Å². The molecule has 2 N–H and O–H groups in total. The van der Waals surface area contributed by atoms with E-state index in [0.717, 1.165) is 0 Å². The molecule has 58 valence electrons. The lowest BCUT2D eigenvalue weighted by Gasteiger charge is -2.32. The van der Waals surface area contributed by atoms with Gasteiger partial charge in [0.05, 0.1) is 13.2 Å². The zero-order chi connectivity index (χ0) is 7.56. The van der Waals surface area contributed by atoms with Crippen LogP contribution in [0.5, 0.6) is 0 Å². The van der Waals surface area contributed by atoms with Crippen molar-refractivity contribution in [2.45, 2.75) is 0 Å². The number of aliphatic hydroxyl groups excluding tert-OH is 2. The molecule has 10 heavy (non-hydrogen) atoms. The van der Waals surface area contributed by atoms with Crippen LogP contribution in [0, 0.1) is 11.8 Å². The summed E-state index contributed by atoms with van der Waals surface area (Å²) in [5.41, 5.74) is 0. The third-order valence-electron chi connectivity index (χ3n) is 1.90. The average molecular weight is 160 g/mol. The molecule has 0 heterocycles. The van der Waals surface area contributed by atoms with Crippen molar-refractivity contribution in [3.63, 3.8) is 0 Å². The van der Waals surface area contributed by atoms with Crippen molar-refractivity contribution in [1.29, 1.82) is 0 Å². The molecule has 0 aromatic heterocycles. The van der Waals surface area contributed by atoms with Crippen LogP contribution in [0.1, 0.15) is 0 Å². The van der Waals surface area contributed by atoms with Crippen molar-refractivity contribution < 1.29 is 10.2 Å². The van der Waals surface area contributed by atoms with Gasteiger partial charge in [0, 0.05) is 11.8 Å². The smallest absolute Gasteiger partial charge is 0.0511 e. The molecule has 0 aromatic carbocycles. The maximum Gasteiger partial charge on any atom is 0.0511 e. The van der Waals surface area contributed by atoms with Crippen LogP contribution in [0.15, 0.2) is 11.0 Å². The molecule has 0 amide bonds. The van der Waals surface area contributed by atoms with Crippen molar-refractivity contribution in [1.82, 2.24) is 0 Å². The quantitative estimate of drug-likeness (QED) is 0.630. The minimum atomic E-state index is 0.162. The first-order valence-electron chi connectivity index (χ1n) is 3.31. The van der Waals surface area contributed by atoms with Crippen LogP contribution in [0.25, 0.3) is 0 Å². The second-order valence-electron chi connectivity index (χ2n) is 2.41. The molecule has 3 heteroatoms. The highest BCUT2D eigenvalue weighted by atomic mass is 32.2. The monoisotopic (exact) mass is 160 g/mol. The first-order valence-corrected chi connectivity index (χ1v) is 4.53. The van der Waals surface area contributed by atoms with E-state index < -0.39 is 0 Å². The van der Waals surface area contributed by atoms with E-state index in [4.69, 9.17) is 10.2 Å². The number of thioether (sulfide) groups is 1. The van der Waals surface area contributed by atoms with Crippen molar-refractivity contribution in [2.24, 2.45) is 11.8 Å². The predicted molar refractivity (Wildman–Crippen MR) is 42.7 cm³/mol. The number of rotatable bonds is 3. The average Bonchev–Trinajstić information content (AvgIpc) is 1.89. The summed E-state index contributed by atoms with van der Waals surface area (Å²) < 4.78 is 0. The van der Waals surface area contributed by atoms with Crippen LogP contribution in [-0.2, 0) is 0 Å². The standard InChI is InChI=1S/C7H12O2S/c1-10-7-2-5(3-8)6(7)4-9/h2,5-6,8-9H,3-4H2,1H3/t5-,6-/m0/s1. The van der Waals surface area contributed by atoms with E-state index in [0.29, 0.717) is 0 Å². The van der Waals surface area contributed by atoms with Crippen LogP contribution >= 0.6 is 11.8 Å². The molecule has 0 bridgehead atoms. The first kappa shape index (κ1) is 8.11. The maximum absolute atomic E-state index is 8.82. The van der Waals surface area contributed by atoms with Crippen LogP contribution in [0.4, 0.5) is 0 Å². The van der Waals surface area contributed by atoms with Crippen LogP contribution in [0.2, 0.25) is 0 Å². The first-order chi connectivity index (χ1) is 4.83. The van der Waals surface area contributed by atoms with E-state index in [1.165, 1.54) is 4.91 Å². The largest absolute Gasteiger partial charge is 0.396 e. The van der Waals surface area contributed by atoms with Crippen molar-refractivity contribution in [2.75, 3.05) is 19.5 Å². The molecule has 1 aliphatic carbocycles. The molecule has 0 aromatic rings. The Balaban J connectivity index is 2.48. The molecule has 1 aliphatic rings. The van der Waals surface area contributed by atoms with Gasteiger partial charge in [0.1, 0.15) is 0 Å². The zero-order valence-electron chi connectivity index (χ0n) is 5.95. The Morgan fingerprint density at radius 2 is 2.20 bits per heavy atom. The molecule has 0 saturated carbocycles. The highest BCUT2D eigenvalue weighted by Gasteiger charge is 2.30. The van der Waals surface area contributed by atoms with E-state index in [-0.39, 0.29) is 25.0 Å². The highest BCUT2D eigenvalue weighted by molar-refractivity contribution is 8.02. The molecule has 0 unspecified atom stereocenters. The van der Waals surface area contributed by atoms with Gasteiger partial charge in [0.2, 0.25) is 0 Å². The van der Waals surface area contributed by atoms with Gasteiger partial charge in [0.25, 0.3) is 0 Å². The molecule has 1 rings (SSSR count). The molecule has 2 atom stereocenters. The Morgan fingerprint density at radius 3 is 2.60 bits per heavy atom. The Hall–Kier alpha value is 0.01000. The number of hydrogen-bond donors (Lipinski definition) is 2. The summed E-state index contributed by atoms with van der Waals surface area (Å²) in [4.78, 5) is 1.21. The van der Waals surface area contributed by atoms with Gasteiger partial charge < -0.3 is 10.2 Å². The minimum Gasteiger partial charge on any atom is -0.396 e. The summed E-state index contributed by atoms with van der Waals surface area (Å²) >= 11 is 1.65. The van der Waals surface area contributed by atoms with Gasteiger partial charge in [-0.3, -0.25) is 0 Å². The van der Waals surface area contributed by atoms with E-state index in [1.807, 2.05) is 12.3 Å². The van der Waals surface area contributed by atoms with Gasteiger partial charge in [-0.25, -0.2) is 0 Å². The Kier molecular flexibility index (Phi) is 2.77. The summed E-state index contributed by atoms with van der Waals surface area (Å²) in [5, 5.41) is 17.6. The molecule has 2 nitrogen and oxygen atoms in total. The van der Waals surface area contributed by atoms with Crippen LogP contribution in [0.3, 0.4) is 0 Å². The lowest BCUT2D eigenvalue weighted by atomic mass is 9.83. The fourth-order valence-corrected chi connectivity index (χ4v) is 2.03. The van der Waals surface area contributed by atoms with Crippen molar-refractivity contribution in [3.8, 4) is 0 Å². The van der Waals surface area contributed by atoms with Gasteiger partial charge in [-0.15, -0.1) is 11.8 Å². The van der Waals surface area contributed by atoms with Gasteiger partial charge in [0.15, 0.2) is 0 Å². The summed E-state index contributed by atoms with van der Waals surface area (Å²) in [6.07, 6.45) is 4.01. The maximum atomic E-state index is 8.82. The molecule has 0 saturated heterocycles. The summed E-state index contributed by atoms with van der Waals surface area (Å²) in [7, 11) is 0. The van der Waals surface area contributed by atoms with Gasteiger partial charge in [-0.2, -0.15) is 0 Å². The number of hydrogen-bond acceptors (Lipinski definition) is 3. The van der Waals surface area contributed by atoms with E-state index >= 15 is 0 Å². The third kappa shape index (κ3) is 1.21. The molecular formula is C7H12O2S. The van der Waals surface area contributed by atoms with Crippen LogP contribution in [-0.4, -0.2) is 29.7 Å². The topological polar surface area (TPSA) is 40.5 Å². The number of aliphatic hydroxyl groups is 2. The fraction of sp³-hybridized carbons (Fsp3) is 0.714. The van der Waals surface area contributed by atoms with Crippen LogP contribution < -0.4 is 0 Å². The lowest BCUT2D eigenvalue weighted by molar-refractivity contribution is 0.151. The second kappa shape index (κ2) is 3.42. The van der Waals surface area contributed by atoms with E-state index in [9.17, 15) is 0 Å². The summed E-state index contributed by atoms with van der Waals surface area (Å²) in [6.45, 7) is 0.327. The summed E-state index contributed by atoms with van der Waals surface area (Å²) in [6, 6.07) is 0. The molecular weight excluding hydrogens is 148 g/mol. The lowest BCUT2D eigenvalue weighted by Crippen LogP contribution is -2.29. The second-order valence-corrected chi connectivity index (χ2v) is 3.29. The third-order valence-corrected chi connectivity index (χ3v) is 2.81. The van der Waals surface area contributed by atoms with Crippen molar-refractivity contribution in [3.05, 3.63) is 11.0 Å². The molecule has 0 radical (unpaired) electrons. The predicted octanol–water partition coefficient (Wildman–Crippen LogP) is 0.464.